The highest BCUT2D eigenvalue weighted by Crippen LogP contribution is 2.32. The Morgan fingerprint density at radius 3 is 2.52 bits per heavy atom. The van der Waals surface area contributed by atoms with Crippen molar-refractivity contribution in [1.29, 1.82) is 0 Å². The van der Waals surface area contributed by atoms with Gasteiger partial charge in [0, 0.05) is 31.0 Å². The maximum absolute atomic E-state index is 13.1. The first-order chi connectivity index (χ1) is 12.7. The number of hydrogen-bond acceptors (Lipinski definition) is 5. The van der Waals surface area contributed by atoms with Crippen LogP contribution in [0.15, 0.2) is 18.2 Å². The molecule has 2 atom stereocenters. The van der Waals surface area contributed by atoms with E-state index in [0.29, 0.717) is 6.54 Å². The van der Waals surface area contributed by atoms with Crippen LogP contribution in [0.3, 0.4) is 0 Å². The molecule has 0 bridgehead atoms. The fourth-order valence-corrected chi connectivity index (χ4v) is 4.28. The van der Waals surface area contributed by atoms with Crippen LogP contribution in [0.4, 0.5) is 0 Å². The number of carbonyl (C=O) groups excluding carboxylic acids is 2. The highest BCUT2D eigenvalue weighted by Gasteiger charge is 2.38. The molecule has 2 amide bonds. The molecular formula is C20H28N4O2S. The molecule has 27 heavy (non-hydrogen) atoms. The van der Waals surface area contributed by atoms with Gasteiger partial charge in [0.15, 0.2) is 0 Å². The van der Waals surface area contributed by atoms with E-state index in [1.54, 1.807) is 4.90 Å². The Balaban J connectivity index is 1.70. The van der Waals surface area contributed by atoms with Crippen molar-refractivity contribution < 1.29 is 9.59 Å². The molecule has 0 aliphatic heterocycles. The second-order valence-electron chi connectivity index (χ2n) is 8.52. The SMILES string of the molecule is CN(Cc1ccc2nsnc2c1)C(=O)[C@@H]1CCCC[C@@H]1C(=O)NC(C)(C)C. The summed E-state index contributed by atoms with van der Waals surface area (Å²) in [6.07, 6.45) is 3.56. The minimum atomic E-state index is -0.287. The van der Waals surface area contributed by atoms with Gasteiger partial charge in [-0.05, 0) is 51.3 Å². The zero-order valence-corrected chi connectivity index (χ0v) is 17.3. The highest BCUT2D eigenvalue weighted by atomic mass is 32.1. The lowest BCUT2D eigenvalue weighted by Crippen LogP contribution is -2.49. The molecule has 1 fully saturated rings. The van der Waals surface area contributed by atoms with Gasteiger partial charge in [-0.15, -0.1) is 0 Å². The Kier molecular flexibility index (Phi) is 5.79. The monoisotopic (exact) mass is 388 g/mol. The number of carbonyl (C=O) groups is 2. The molecular weight excluding hydrogens is 360 g/mol. The standard InChI is InChI=1S/C20H28N4O2S/c1-20(2,3)21-18(25)14-7-5-6-8-15(14)19(26)24(4)12-13-9-10-16-17(11-13)23-27-22-16/h9-11,14-15H,5-8,12H2,1-4H3,(H,21,25)/t14-,15+/m0/s1. The van der Waals surface area contributed by atoms with Gasteiger partial charge in [0.1, 0.15) is 11.0 Å². The Morgan fingerprint density at radius 2 is 1.81 bits per heavy atom. The van der Waals surface area contributed by atoms with Crippen molar-refractivity contribution in [1.82, 2.24) is 19.0 Å². The van der Waals surface area contributed by atoms with Gasteiger partial charge in [0.05, 0.1) is 11.7 Å². The minimum absolute atomic E-state index is 0.00363. The average molecular weight is 389 g/mol. The summed E-state index contributed by atoms with van der Waals surface area (Å²) in [4.78, 5) is 27.6. The number of nitrogens with zero attached hydrogens (tertiary/aromatic N) is 3. The summed E-state index contributed by atoms with van der Waals surface area (Å²) >= 11 is 1.19. The largest absolute Gasteiger partial charge is 0.351 e. The van der Waals surface area contributed by atoms with Crippen LogP contribution in [0.2, 0.25) is 0 Å². The van der Waals surface area contributed by atoms with Gasteiger partial charge in [-0.2, -0.15) is 8.75 Å². The Morgan fingerprint density at radius 1 is 1.15 bits per heavy atom. The van der Waals surface area contributed by atoms with Crippen molar-refractivity contribution in [3.63, 3.8) is 0 Å². The fraction of sp³-hybridized carbons (Fsp3) is 0.600. The maximum Gasteiger partial charge on any atom is 0.226 e. The minimum Gasteiger partial charge on any atom is -0.351 e. The number of fused-ring (bicyclic) bond motifs is 1. The smallest absolute Gasteiger partial charge is 0.226 e. The lowest BCUT2D eigenvalue weighted by Gasteiger charge is -2.34. The third-order valence-corrected chi connectivity index (χ3v) is 5.59. The Labute approximate surface area is 164 Å². The van der Waals surface area contributed by atoms with E-state index in [-0.39, 0.29) is 29.2 Å². The van der Waals surface area contributed by atoms with E-state index in [9.17, 15) is 9.59 Å². The van der Waals surface area contributed by atoms with Crippen LogP contribution in [0.25, 0.3) is 11.0 Å². The summed E-state index contributed by atoms with van der Waals surface area (Å²) in [5, 5.41) is 3.06. The zero-order valence-electron chi connectivity index (χ0n) is 16.5. The summed E-state index contributed by atoms with van der Waals surface area (Å²) in [5.41, 5.74) is 2.48. The van der Waals surface area contributed by atoms with Crippen molar-refractivity contribution in [2.45, 2.75) is 58.5 Å². The van der Waals surface area contributed by atoms with E-state index < -0.39 is 0 Å². The zero-order chi connectivity index (χ0) is 19.6. The van der Waals surface area contributed by atoms with Crippen molar-refractivity contribution in [2.24, 2.45) is 11.8 Å². The van der Waals surface area contributed by atoms with Crippen molar-refractivity contribution in [3.8, 4) is 0 Å². The van der Waals surface area contributed by atoms with Crippen molar-refractivity contribution in [2.75, 3.05) is 7.05 Å². The molecule has 1 N–H and O–H groups in total. The molecule has 0 spiro atoms. The van der Waals surface area contributed by atoms with E-state index in [1.165, 1.54) is 11.7 Å². The first-order valence-electron chi connectivity index (χ1n) is 9.53. The first kappa shape index (κ1) is 19.7. The topological polar surface area (TPSA) is 75.2 Å². The summed E-state index contributed by atoms with van der Waals surface area (Å²) < 4.78 is 8.48. The summed E-state index contributed by atoms with van der Waals surface area (Å²) in [7, 11) is 1.82. The number of nitrogens with one attached hydrogen (secondary N) is 1. The van der Waals surface area contributed by atoms with Crippen molar-refractivity contribution >= 4 is 34.6 Å². The van der Waals surface area contributed by atoms with E-state index in [2.05, 4.69) is 14.1 Å². The molecule has 146 valence electrons. The van der Waals surface area contributed by atoms with E-state index in [0.717, 1.165) is 42.3 Å². The number of rotatable bonds is 4. The normalized spacial score (nSPS) is 20.4. The highest BCUT2D eigenvalue weighted by molar-refractivity contribution is 7.00. The van der Waals surface area contributed by atoms with Crippen LogP contribution in [0.5, 0.6) is 0 Å². The van der Waals surface area contributed by atoms with Crippen LogP contribution in [-0.4, -0.2) is 38.0 Å². The van der Waals surface area contributed by atoms with Crippen LogP contribution in [0.1, 0.15) is 52.0 Å². The van der Waals surface area contributed by atoms with E-state index >= 15 is 0 Å². The Hall–Kier alpha value is -2.02. The molecule has 1 aliphatic rings. The van der Waals surface area contributed by atoms with Gasteiger partial charge in [-0.1, -0.05) is 18.9 Å². The average Bonchev–Trinajstić information content (AvgIpc) is 3.07. The van der Waals surface area contributed by atoms with Crippen LogP contribution in [0, 0.1) is 11.8 Å². The molecule has 0 radical (unpaired) electrons. The van der Waals surface area contributed by atoms with E-state index in [4.69, 9.17) is 0 Å². The molecule has 3 rings (SSSR count). The van der Waals surface area contributed by atoms with Gasteiger partial charge in [0.25, 0.3) is 0 Å². The summed E-state index contributed by atoms with van der Waals surface area (Å²) in [5.74, 6) is -0.418. The Bertz CT molecular complexity index is 827. The second-order valence-corrected chi connectivity index (χ2v) is 9.05. The molecule has 0 saturated heterocycles. The van der Waals surface area contributed by atoms with Crippen LogP contribution < -0.4 is 5.32 Å². The lowest BCUT2D eigenvalue weighted by atomic mass is 9.77. The second kappa shape index (κ2) is 7.92. The summed E-state index contributed by atoms with van der Waals surface area (Å²) in [6.45, 7) is 6.43. The van der Waals surface area contributed by atoms with Crippen molar-refractivity contribution in [3.05, 3.63) is 23.8 Å². The predicted octanol–water partition coefficient (Wildman–Crippen LogP) is 3.37. The van der Waals surface area contributed by atoms with Gasteiger partial charge < -0.3 is 10.2 Å². The molecule has 2 aromatic rings. The predicted molar refractivity (Wildman–Crippen MR) is 107 cm³/mol. The molecule has 1 aliphatic carbocycles. The molecule has 1 aromatic carbocycles. The quantitative estimate of drug-likeness (QED) is 0.871. The number of hydrogen-bond donors (Lipinski definition) is 1. The molecule has 1 aromatic heterocycles. The molecule has 1 heterocycles. The van der Waals surface area contributed by atoms with Gasteiger partial charge in [0.2, 0.25) is 11.8 Å². The third-order valence-electron chi connectivity index (χ3n) is 5.03. The van der Waals surface area contributed by atoms with Gasteiger partial charge in [-0.25, -0.2) is 0 Å². The maximum atomic E-state index is 13.1. The molecule has 1 saturated carbocycles. The summed E-state index contributed by atoms with van der Waals surface area (Å²) in [6, 6.07) is 5.90. The van der Waals surface area contributed by atoms with Crippen LogP contribution >= 0.6 is 11.7 Å². The first-order valence-corrected chi connectivity index (χ1v) is 10.3. The molecule has 0 unspecified atom stereocenters. The van der Waals surface area contributed by atoms with Gasteiger partial charge in [-0.3, -0.25) is 9.59 Å². The fourth-order valence-electron chi connectivity index (χ4n) is 3.76. The third kappa shape index (κ3) is 4.83. The number of amides is 2. The van der Waals surface area contributed by atoms with Gasteiger partial charge >= 0.3 is 0 Å². The number of benzene rings is 1. The molecule has 6 nitrogen and oxygen atoms in total. The van der Waals surface area contributed by atoms with Crippen LogP contribution in [-0.2, 0) is 16.1 Å². The van der Waals surface area contributed by atoms with E-state index in [1.807, 2.05) is 46.0 Å². The number of aromatic nitrogens is 2. The lowest BCUT2D eigenvalue weighted by molar-refractivity contribution is -0.143. The molecule has 7 heteroatoms.